The van der Waals surface area contributed by atoms with Crippen LogP contribution in [0.15, 0.2) is 18.2 Å². The monoisotopic (exact) mass is 342 g/mol. The molecule has 0 aliphatic carbocycles. The summed E-state index contributed by atoms with van der Waals surface area (Å²) in [5.74, 6) is -1.90. The van der Waals surface area contributed by atoms with Crippen molar-refractivity contribution >= 4 is 23.6 Å². The maximum atomic E-state index is 12.7. The largest absolute Gasteiger partial charge is 0.303 e. The molecule has 2 saturated heterocycles. The van der Waals surface area contributed by atoms with E-state index in [1.807, 2.05) is 6.07 Å². The van der Waals surface area contributed by atoms with E-state index in [1.165, 1.54) is 0 Å². The summed E-state index contributed by atoms with van der Waals surface area (Å²) in [4.78, 5) is 51.9. The second kappa shape index (κ2) is 6.05. The number of nitrogens with zero attached hydrogens (tertiary/aromatic N) is 2. The van der Waals surface area contributed by atoms with E-state index in [1.54, 1.807) is 12.1 Å². The lowest BCUT2D eigenvalue weighted by Gasteiger charge is -2.27. The summed E-state index contributed by atoms with van der Waals surface area (Å²) in [5.41, 5.74) is 1.60. The lowest BCUT2D eigenvalue weighted by atomic mass is 10.0. The number of amides is 4. The van der Waals surface area contributed by atoms with Crippen LogP contribution in [-0.2, 0) is 16.1 Å². The number of fused-ring (bicyclic) bond motifs is 1. The summed E-state index contributed by atoms with van der Waals surface area (Å²) in [6, 6.07) is 4.31. The van der Waals surface area contributed by atoms with Crippen LogP contribution in [0.1, 0.15) is 39.1 Å². The first-order valence-electron chi connectivity index (χ1n) is 8.32. The molecule has 4 rings (SSSR count). The average Bonchev–Trinajstić information content (AvgIpc) is 3.17. The first-order chi connectivity index (χ1) is 12.0. The molecule has 8 nitrogen and oxygen atoms in total. The Hall–Kier alpha value is -2.58. The topological polar surface area (TPSA) is 98.8 Å². The Morgan fingerprint density at radius 2 is 1.88 bits per heavy atom. The highest BCUT2D eigenvalue weighted by molar-refractivity contribution is 6.23. The van der Waals surface area contributed by atoms with Crippen molar-refractivity contribution in [2.24, 2.45) is 0 Å². The van der Waals surface area contributed by atoms with Gasteiger partial charge < -0.3 is 5.32 Å². The van der Waals surface area contributed by atoms with Crippen LogP contribution < -0.4 is 10.6 Å². The SMILES string of the molecule is O=C1CCC(N2C(=O)c3ccc(CN4CCNC4)cc3C2=O)C(=O)N1. The van der Waals surface area contributed by atoms with Gasteiger partial charge in [-0.1, -0.05) is 6.07 Å². The fourth-order valence-corrected chi connectivity index (χ4v) is 3.56. The highest BCUT2D eigenvalue weighted by atomic mass is 16.2. The van der Waals surface area contributed by atoms with Crippen LogP contribution in [0, 0.1) is 0 Å². The van der Waals surface area contributed by atoms with E-state index in [0.29, 0.717) is 17.7 Å². The molecule has 0 radical (unpaired) electrons. The van der Waals surface area contributed by atoms with Gasteiger partial charge in [0.1, 0.15) is 6.04 Å². The molecule has 1 unspecified atom stereocenters. The fraction of sp³-hybridized carbons (Fsp3) is 0.412. The molecule has 1 aromatic carbocycles. The lowest BCUT2D eigenvalue weighted by Crippen LogP contribution is -2.54. The van der Waals surface area contributed by atoms with Gasteiger partial charge in [-0.25, -0.2) is 0 Å². The van der Waals surface area contributed by atoms with Crippen LogP contribution in [0.25, 0.3) is 0 Å². The number of piperidine rings is 1. The quantitative estimate of drug-likeness (QED) is 0.715. The van der Waals surface area contributed by atoms with Crippen LogP contribution in [0.3, 0.4) is 0 Å². The van der Waals surface area contributed by atoms with Crippen LogP contribution >= 0.6 is 0 Å². The molecule has 130 valence electrons. The number of nitrogens with one attached hydrogen (secondary N) is 2. The zero-order valence-corrected chi connectivity index (χ0v) is 13.6. The summed E-state index contributed by atoms with van der Waals surface area (Å²) in [6.07, 6.45) is 0.291. The van der Waals surface area contributed by atoms with Gasteiger partial charge in [-0.3, -0.25) is 34.3 Å². The Morgan fingerprint density at radius 3 is 2.60 bits per heavy atom. The zero-order valence-electron chi connectivity index (χ0n) is 13.6. The summed E-state index contributed by atoms with van der Waals surface area (Å²) in [5, 5.41) is 5.44. The lowest BCUT2D eigenvalue weighted by molar-refractivity contribution is -0.136. The van der Waals surface area contributed by atoms with E-state index in [-0.39, 0.29) is 18.7 Å². The van der Waals surface area contributed by atoms with Crippen molar-refractivity contribution in [3.05, 3.63) is 34.9 Å². The van der Waals surface area contributed by atoms with Crippen molar-refractivity contribution in [2.75, 3.05) is 19.8 Å². The molecular weight excluding hydrogens is 324 g/mol. The molecular formula is C17H18N4O4. The Labute approximate surface area is 144 Å². The molecule has 0 aromatic heterocycles. The molecule has 1 aromatic rings. The van der Waals surface area contributed by atoms with Gasteiger partial charge in [-0.05, 0) is 24.1 Å². The van der Waals surface area contributed by atoms with E-state index in [4.69, 9.17) is 0 Å². The predicted octanol–water partition coefficient (Wildman–Crippen LogP) is -0.549. The van der Waals surface area contributed by atoms with Gasteiger partial charge in [0, 0.05) is 32.7 Å². The third-order valence-electron chi connectivity index (χ3n) is 4.85. The smallest absolute Gasteiger partial charge is 0.262 e. The molecule has 3 heterocycles. The van der Waals surface area contributed by atoms with Gasteiger partial charge in [0.15, 0.2) is 0 Å². The highest BCUT2D eigenvalue weighted by Gasteiger charge is 2.44. The van der Waals surface area contributed by atoms with Gasteiger partial charge in [0.05, 0.1) is 11.1 Å². The molecule has 2 N–H and O–H groups in total. The molecule has 0 spiro atoms. The first kappa shape index (κ1) is 15.9. The van der Waals surface area contributed by atoms with E-state index in [2.05, 4.69) is 15.5 Å². The second-order valence-electron chi connectivity index (χ2n) is 6.54. The number of hydrogen-bond acceptors (Lipinski definition) is 6. The van der Waals surface area contributed by atoms with E-state index in [9.17, 15) is 19.2 Å². The third kappa shape index (κ3) is 2.73. The Morgan fingerprint density at radius 1 is 1.08 bits per heavy atom. The van der Waals surface area contributed by atoms with Gasteiger partial charge in [0.2, 0.25) is 11.8 Å². The molecule has 3 aliphatic heterocycles. The van der Waals surface area contributed by atoms with E-state index in [0.717, 1.165) is 30.2 Å². The number of benzene rings is 1. The Kier molecular flexibility index (Phi) is 3.85. The van der Waals surface area contributed by atoms with Gasteiger partial charge >= 0.3 is 0 Å². The highest BCUT2D eigenvalue weighted by Crippen LogP contribution is 2.28. The average molecular weight is 342 g/mol. The normalized spacial score (nSPS) is 24.0. The standard InChI is InChI=1S/C17H18N4O4/c22-14-4-3-13(15(23)19-14)21-16(24)11-2-1-10(7-12(11)17(21)25)8-20-6-5-18-9-20/h1-2,7,13,18H,3-6,8-9H2,(H,19,22,23). The molecule has 4 amide bonds. The minimum Gasteiger partial charge on any atom is -0.303 e. The van der Waals surface area contributed by atoms with Crippen molar-refractivity contribution in [3.8, 4) is 0 Å². The third-order valence-corrected chi connectivity index (χ3v) is 4.85. The van der Waals surface area contributed by atoms with Crippen LogP contribution in [0.4, 0.5) is 0 Å². The fourth-order valence-electron chi connectivity index (χ4n) is 3.56. The van der Waals surface area contributed by atoms with Crippen molar-refractivity contribution in [3.63, 3.8) is 0 Å². The second-order valence-corrected chi connectivity index (χ2v) is 6.54. The summed E-state index contributed by atoms with van der Waals surface area (Å²) in [7, 11) is 0. The molecule has 0 bridgehead atoms. The number of carbonyl (C=O) groups is 4. The Bertz CT molecular complexity index is 785. The zero-order chi connectivity index (χ0) is 17.6. The Balaban J connectivity index is 1.58. The van der Waals surface area contributed by atoms with Crippen LogP contribution in [0.5, 0.6) is 0 Å². The van der Waals surface area contributed by atoms with E-state index < -0.39 is 23.8 Å². The summed E-state index contributed by atoms with van der Waals surface area (Å²) < 4.78 is 0. The van der Waals surface area contributed by atoms with Crippen molar-refractivity contribution < 1.29 is 19.2 Å². The van der Waals surface area contributed by atoms with E-state index >= 15 is 0 Å². The number of rotatable bonds is 3. The van der Waals surface area contributed by atoms with Gasteiger partial charge in [-0.15, -0.1) is 0 Å². The minimum atomic E-state index is -0.920. The molecule has 3 aliphatic rings. The maximum absolute atomic E-state index is 12.7. The summed E-state index contributed by atoms with van der Waals surface area (Å²) in [6.45, 7) is 3.37. The van der Waals surface area contributed by atoms with Crippen molar-refractivity contribution in [1.29, 1.82) is 0 Å². The van der Waals surface area contributed by atoms with Crippen LogP contribution in [-0.4, -0.2) is 59.2 Å². The molecule has 8 heteroatoms. The summed E-state index contributed by atoms with van der Waals surface area (Å²) >= 11 is 0. The number of imide groups is 2. The number of carbonyl (C=O) groups excluding carboxylic acids is 4. The van der Waals surface area contributed by atoms with Crippen molar-refractivity contribution in [1.82, 2.24) is 20.4 Å². The van der Waals surface area contributed by atoms with Gasteiger partial charge in [-0.2, -0.15) is 0 Å². The molecule has 2 fully saturated rings. The first-order valence-corrected chi connectivity index (χ1v) is 8.32. The molecule has 25 heavy (non-hydrogen) atoms. The van der Waals surface area contributed by atoms with Crippen molar-refractivity contribution in [2.45, 2.75) is 25.4 Å². The predicted molar refractivity (Wildman–Crippen MR) is 86.4 cm³/mol. The number of hydrogen-bond donors (Lipinski definition) is 2. The minimum absolute atomic E-state index is 0.122. The van der Waals surface area contributed by atoms with Gasteiger partial charge in [0.25, 0.3) is 11.8 Å². The molecule has 0 saturated carbocycles. The maximum Gasteiger partial charge on any atom is 0.262 e. The molecule has 1 atom stereocenters. The van der Waals surface area contributed by atoms with Crippen LogP contribution in [0.2, 0.25) is 0 Å².